The van der Waals surface area contributed by atoms with Gasteiger partial charge in [0.2, 0.25) is 0 Å². The topological polar surface area (TPSA) is 55.2 Å². The summed E-state index contributed by atoms with van der Waals surface area (Å²) in [6.07, 6.45) is 6.64. The van der Waals surface area contributed by atoms with Crippen LogP contribution in [0.1, 0.15) is 44.6 Å². The Morgan fingerprint density at radius 3 is 2.85 bits per heavy atom. The van der Waals surface area contributed by atoms with E-state index < -0.39 is 0 Å². The molecule has 2 atom stereocenters. The van der Waals surface area contributed by atoms with Crippen LogP contribution in [0.3, 0.4) is 0 Å². The maximum atomic E-state index is 10.7. The second-order valence-electron chi connectivity index (χ2n) is 6.11. The molecular weight excluding hydrogens is 252 g/mol. The Balaban J connectivity index is 1.83. The van der Waals surface area contributed by atoms with Gasteiger partial charge in [-0.2, -0.15) is 0 Å². The van der Waals surface area contributed by atoms with Gasteiger partial charge in [-0.25, -0.2) is 0 Å². The molecular formula is C16H24N2O2. The number of nitrogens with one attached hydrogen (secondary N) is 1. The fourth-order valence-corrected chi connectivity index (χ4v) is 3.19. The lowest BCUT2D eigenvalue weighted by molar-refractivity contribution is -0.384. The molecule has 1 aliphatic carbocycles. The summed E-state index contributed by atoms with van der Waals surface area (Å²) >= 11 is 0. The fourth-order valence-electron chi connectivity index (χ4n) is 3.19. The van der Waals surface area contributed by atoms with Crippen LogP contribution in [0.5, 0.6) is 0 Å². The third kappa shape index (κ3) is 3.95. The van der Waals surface area contributed by atoms with Crippen LogP contribution in [-0.2, 0) is 0 Å². The largest absolute Gasteiger partial charge is 0.385 e. The normalized spacial score (nSPS) is 22.5. The predicted octanol–water partition coefficient (Wildman–Crippen LogP) is 4.53. The Morgan fingerprint density at radius 2 is 2.20 bits per heavy atom. The molecule has 0 bridgehead atoms. The molecule has 110 valence electrons. The summed E-state index contributed by atoms with van der Waals surface area (Å²) in [5.41, 5.74) is 2.12. The zero-order valence-electron chi connectivity index (χ0n) is 12.4. The highest BCUT2D eigenvalue weighted by Gasteiger charge is 2.18. The van der Waals surface area contributed by atoms with Crippen molar-refractivity contribution in [3.63, 3.8) is 0 Å². The second kappa shape index (κ2) is 6.73. The molecule has 1 N–H and O–H groups in total. The molecule has 20 heavy (non-hydrogen) atoms. The molecule has 0 saturated heterocycles. The predicted molar refractivity (Wildman–Crippen MR) is 82.1 cm³/mol. The van der Waals surface area contributed by atoms with Gasteiger partial charge in [-0.3, -0.25) is 10.1 Å². The summed E-state index contributed by atoms with van der Waals surface area (Å²) in [5, 5.41) is 14.1. The lowest BCUT2D eigenvalue weighted by Crippen LogP contribution is -2.16. The Hall–Kier alpha value is -1.58. The van der Waals surface area contributed by atoms with E-state index >= 15 is 0 Å². The number of hydrogen-bond donors (Lipinski definition) is 1. The molecule has 0 aliphatic heterocycles. The van der Waals surface area contributed by atoms with Crippen LogP contribution >= 0.6 is 0 Å². The standard InChI is InChI=1S/C16H24N2O2/c1-12-4-3-5-14(10-12)8-9-17-16-7-6-15(18(19)20)11-13(16)2/h6-7,11-12,14,17H,3-5,8-10H2,1-2H3. The molecule has 0 radical (unpaired) electrons. The number of nitrogens with zero attached hydrogens (tertiary/aromatic N) is 1. The molecule has 1 saturated carbocycles. The van der Waals surface area contributed by atoms with Crippen molar-refractivity contribution >= 4 is 11.4 Å². The molecule has 0 aromatic heterocycles. The lowest BCUT2D eigenvalue weighted by Gasteiger charge is -2.26. The van der Waals surface area contributed by atoms with Gasteiger partial charge >= 0.3 is 0 Å². The quantitative estimate of drug-likeness (QED) is 0.635. The van der Waals surface area contributed by atoms with Gasteiger partial charge in [-0.15, -0.1) is 0 Å². The van der Waals surface area contributed by atoms with Crippen molar-refractivity contribution in [2.24, 2.45) is 11.8 Å². The Morgan fingerprint density at radius 1 is 1.40 bits per heavy atom. The first-order chi connectivity index (χ1) is 9.56. The number of nitro groups is 1. The van der Waals surface area contributed by atoms with Crippen LogP contribution in [0.4, 0.5) is 11.4 Å². The zero-order valence-corrected chi connectivity index (χ0v) is 12.4. The van der Waals surface area contributed by atoms with E-state index in [0.29, 0.717) is 0 Å². The van der Waals surface area contributed by atoms with Crippen LogP contribution in [0.2, 0.25) is 0 Å². The third-order valence-electron chi connectivity index (χ3n) is 4.33. The van der Waals surface area contributed by atoms with Gasteiger partial charge in [-0.1, -0.05) is 26.2 Å². The number of non-ortho nitro benzene ring substituents is 1. The van der Waals surface area contributed by atoms with Crippen molar-refractivity contribution in [2.45, 2.75) is 46.0 Å². The highest BCUT2D eigenvalue weighted by Crippen LogP contribution is 2.30. The molecule has 1 aromatic rings. The van der Waals surface area contributed by atoms with Gasteiger partial charge in [0, 0.05) is 24.4 Å². The van der Waals surface area contributed by atoms with Gasteiger partial charge in [0.25, 0.3) is 5.69 Å². The van der Waals surface area contributed by atoms with E-state index in [1.165, 1.54) is 32.1 Å². The third-order valence-corrected chi connectivity index (χ3v) is 4.33. The number of benzene rings is 1. The minimum Gasteiger partial charge on any atom is -0.385 e. The number of hydrogen-bond acceptors (Lipinski definition) is 3. The lowest BCUT2D eigenvalue weighted by atomic mass is 9.81. The Kier molecular flexibility index (Phi) is 4.99. The first kappa shape index (κ1) is 14.8. The molecule has 4 heteroatoms. The van der Waals surface area contributed by atoms with E-state index in [9.17, 15) is 10.1 Å². The first-order valence-corrected chi connectivity index (χ1v) is 7.55. The van der Waals surface area contributed by atoms with Gasteiger partial charge < -0.3 is 5.32 Å². The summed E-state index contributed by atoms with van der Waals surface area (Å²) in [6.45, 7) is 5.22. The molecule has 0 heterocycles. The van der Waals surface area contributed by atoms with E-state index in [2.05, 4.69) is 12.2 Å². The SMILES string of the molecule is Cc1cc([N+](=O)[O-])ccc1NCCC1CCCC(C)C1. The van der Waals surface area contributed by atoms with Gasteiger partial charge in [0.1, 0.15) is 0 Å². The van der Waals surface area contributed by atoms with Crippen LogP contribution in [-0.4, -0.2) is 11.5 Å². The summed E-state index contributed by atoms with van der Waals surface area (Å²) in [5.74, 6) is 1.71. The van der Waals surface area contributed by atoms with Crippen LogP contribution in [0.25, 0.3) is 0 Å². The Labute approximate surface area is 120 Å². The van der Waals surface area contributed by atoms with Crippen molar-refractivity contribution < 1.29 is 4.92 Å². The highest BCUT2D eigenvalue weighted by atomic mass is 16.6. The van der Waals surface area contributed by atoms with E-state index in [4.69, 9.17) is 0 Å². The van der Waals surface area contributed by atoms with Gasteiger partial charge in [-0.05, 0) is 43.2 Å². The number of anilines is 1. The van der Waals surface area contributed by atoms with E-state index in [1.54, 1.807) is 12.1 Å². The number of rotatable bonds is 5. The average Bonchev–Trinajstić information content (AvgIpc) is 2.40. The minimum atomic E-state index is -0.347. The average molecular weight is 276 g/mol. The van der Waals surface area contributed by atoms with Crippen molar-refractivity contribution in [3.8, 4) is 0 Å². The first-order valence-electron chi connectivity index (χ1n) is 7.55. The van der Waals surface area contributed by atoms with E-state index in [0.717, 1.165) is 29.6 Å². The van der Waals surface area contributed by atoms with Crippen molar-refractivity contribution in [3.05, 3.63) is 33.9 Å². The van der Waals surface area contributed by atoms with Gasteiger partial charge in [0.05, 0.1) is 4.92 Å². The molecule has 0 spiro atoms. The number of aryl methyl sites for hydroxylation is 1. The molecule has 4 nitrogen and oxygen atoms in total. The van der Waals surface area contributed by atoms with Crippen LogP contribution in [0, 0.1) is 28.9 Å². The summed E-state index contributed by atoms with van der Waals surface area (Å²) < 4.78 is 0. The molecule has 1 fully saturated rings. The van der Waals surface area contributed by atoms with Crippen LogP contribution in [0.15, 0.2) is 18.2 Å². The maximum Gasteiger partial charge on any atom is 0.269 e. The maximum absolute atomic E-state index is 10.7. The summed E-state index contributed by atoms with van der Waals surface area (Å²) in [4.78, 5) is 10.4. The monoisotopic (exact) mass is 276 g/mol. The van der Waals surface area contributed by atoms with Crippen molar-refractivity contribution in [2.75, 3.05) is 11.9 Å². The van der Waals surface area contributed by atoms with Crippen molar-refractivity contribution in [1.82, 2.24) is 0 Å². The molecule has 0 amide bonds. The van der Waals surface area contributed by atoms with E-state index in [-0.39, 0.29) is 10.6 Å². The molecule has 1 aromatic carbocycles. The highest BCUT2D eigenvalue weighted by molar-refractivity contribution is 5.55. The zero-order chi connectivity index (χ0) is 14.5. The van der Waals surface area contributed by atoms with E-state index in [1.807, 2.05) is 13.0 Å². The Bertz CT molecular complexity index is 474. The molecule has 2 unspecified atom stereocenters. The van der Waals surface area contributed by atoms with Gasteiger partial charge in [0.15, 0.2) is 0 Å². The summed E-state index contributed by atoms with van der Waals surface area (Å²) in [6, 6.07) is 5.01. The molecule has 1 aliphatic rings. The molecule has 2 rings (SSSR count). The minimum absolute atomic E-state index is 0.161. The smallest absolute Gasteiger partial charge is 0.269 e. The number of nitro benzene ring substituents is 1. The van der Waals surface area contributed by atoms with Crippen molar-refractivity contribution in [1.29, 1.82) is 0 Å². The fraction of sp³-hybridized carbons (Fsp3) is 0.625. The summed E-state index contributed by atoms with van der Waals surface area (Å²) in [7, 11) is 0. The second-order valence-corrected chi connectivity index (χ2v) is 6.11. The van der Waals surface area contributed by atoms with Crippen LogP contribution < -0.4 is 5.32 Å².